The third kappa shape index (κ3) is 3.21. The Kier molecular flexibility index (Phi) is 5.50. The molecule has 59 valence electrons. The van der Waals surface area contributed by atoms with Crippen molar-refractivity contribution >= 4 is 0 Å². The van der Waals surface area contributed by atoms with Gasteiger partial charge in [-0.25, -0.2) is 5.48 Å². The van der Waals surface area contributed by atoms with Gasteiger partial charge in [-0.1, -0.05) is 19.3 Å². The van der Waals surface area contributed by atoms with Gasteiger partial charge in [0.15, 0.2) is 0 Å². The smallest absolute Gasteiger partial charge is 0.0319 e. The minimum Gasteiger partial charge on any atom is -0.317 e. The number of hydrogen-bond acceptors (Lipinski definition) is 2. The zero-order valence-electron chi connectivity index (χ0n) is 5.36. The van der Waals surface area contributed by atoms with E-state index < -0.39 is 0 Å². The minimum absolute atomic E-state index is 0. The molecule has 0 aromatic carbocycles. The van der Waals surface area contributed by atoms with Gasteiger partial charge in [0.1, 0.15) is 0 Å². The third-order valence-corrected chi connectivity index (χ3v) is 1.79. The number of nitrogens with one attached hydrogen (secondary N) is 1. The molecule has 1 aliphatic carbocycles. The van der Waals surface area contributed by atoms with Crippen molar-refractivity contribution in [1.82, 2.24) is 5.48 Å². The number of hydrogen-bond donors (Lipinski definition) is 2. The van der Waals surface area contributed by atoms with Gasteiger partial charge in [0.05, 0.1) is 0 Å². The van der Waals surface area contributed by atoms with Crippen molar-refractivity contribution in [3.63, 3.8) is 0 Å². The first-order chi connectivity index (χ1) is 3.93. The topological polar surface area (TPSA) is 32.3 Å². The first-order valence-electron chi connectivity index (χ1n) is 3.33. The zero-order valence-corrected chi connectivity index (χ0v) is 6.30. The average Bonchev–Trinajstić information content (AvgIpc) is 1.90. The molecular formula is C6H13CuNO. The Morgan fingerprint density at radius 2 is 1.67 bits per heavy atom. The van der Waals surface area contributed by atoms with Crippen LogP contribution < -0.4 is 5.48 Å². The van der Waals surface area contributed by atoms with Crippen LogP contribution in [0.25, 0.3) is 0 Å². The Hall–Kier alpha value is 0.439. The molecule has 0 amide bonds. The maximum atomic E-state index is 8.44. The predicted octanol–water partition coefficient (Wildman–Crippen LogP) is 1.30. The van der Waals surface area contributed by atoms with E-state index >= 15 is 0 Å². The van der Waals surface area contributed by atoms with Gasteiger partial charge in [-0.2, -0.15) is 0 Å². The standard InChI is InChI=1S/C6H13NO.Cu/c8-7-6-4-2-1-3-5-6;/h6-8H,1-5H2;. The molecule has 2 nitrogen and oxygen atoms in total. The Morgan fingerprint density at radius 1 is 1.11 bits per heavy atom. The quantitative estimate of drug-likeness (QED) is 0.469. The Morgan fingerprint density at radius 3 is 2.00 bits per heavy atom. The molecule has 0 heterocycles. The molecular weight excluding hydrogens is 166 g/mol. The van der Waals surface area contributed by atoms with Gasteiger partial charge >= 0.3 is 0 Å². The van der Waals surface area contributed by atoms with Crippen LogP contribution in [0, 0.1) is 0 Å². The molecule has 9 heavy (non-hydrogen) atoms. The van der Waals surface area contributed by atoms with Crippen molar-refractivity contribution in [2.75, 3.05) is 0 Å². The van der Waals surface area contributed by atoms with Crippen molar-refractivity contribution in [1.29, 1.82) is 0 Å². The van der Waals surface area contributed by atoms with E-state index in [9.17, 15) is 0 Å². The molecule has 0 aliphatic heterocycles. The van der Waals surface area contributed by atoms with Crippen LogP contribution in [0.4, 0.5) is 0 Å². The Balaban J connectivity index is 0.000000640. The first-order valence-corrected chi connectivity index (χ1v) is 3.33. The summed E-state index contributed by atoms with van der Waals surface area (Å²) in [5.74, 6) is 0. The van der Waals surface area contributed by atoms with Gasteiger partial charge in [0.2, 0.25) is 0 Å². The van der Waals surface area contributed by atoms with Crippen LogP contribution in [-0.2, 0) is 17.1 Å². The second-order valence-corrected chi connectivity index (χ2v) is 2.46. The van der Waals surface area contributed by atoms with Gasteiger partial charge in [-0.05, 0) is 12.8 Å². The SMILES string of the molecule is ONC1CCCCC1.[Cu]. The fraction of sp³-hybridized carbons (Fsp3) is 1.00. The second-order valence-electron chi connectivity index (χ2n) is 2.46. The van der Waals surface area contributed by atoms with Gasteiger partial charge < -0.3 is 5.21 Å². The molecule has 0 aromatic heterocycles. The summed E-state index contributed by atoms with van der Waals surface area (Å²) in [5.41, 5.74) is 2.30. The average molecular weight is 179 g/mol. The van der Waals surface area contributed by atoms with Gasteiger partial charge in [-0.15, -0.1) is 0 Å². The zero-order chi connectivity index (χ0) is 5.82. The van der Waals surface area contributed by atoms with Crippen molar-refractivity contribution < 1.29 is 22.3 Å². The summed E-state index contributed by atoms with van der Waals surface area (Å²) in [5, 5.41) is 8.44. The fourth-order valence-corrected chi connectivity index (χ4v) is 1.23. The fourth-order valence-electron chi connectivity index (χ4n) is 1.23. The molecule has 1 radical (unpaired) electrons. The summed E-state index contributed by atoms with van der Waals surface area (Å²) in [6.45, 7) is 0. The molecule has 1 aliphatic rings. The normalized spacial score (nSPS) is 21.0. The summed E-state index contributed by atoms with van der Waals surface area (Å²) in [6, 6.07) is 0.392. The summed E-state index contributed by atoms with van der Waals surface area (Å²) in [4.78, 5) is 0. The number of hydroxylamine groups is 1. The summed E-state index contributed by atoms with van der Waals surface area (Å²) >= 11 is 0. The van der Waals surface area contributed by atoms with Gasteiger partial charge in [0, 0.05) is 23.1 Å². The van der Waals surface area contributed by atoms with Crippen LogP contribution in [0.5, 0.6) is 0 Å². The molecule has 0 atom stereocenters. The molecule has 1 fully saturated rings. The van der Waals surface area contributed by atoms with E-state index in [2.05, 4.69) is 5.48 Å². The van der Waals surface area contributed by atoms with E-state index in [0.717, 1.165) is 12.8 Å². The molecule has 0 spiro atoms. The number of rotatable bonds is 1. The molecule has 0 saturated heterocycles. The summed E-state index contributed by atoms with van der Waals surface area (Å²) in [6.07, 6.45) is 6.20. The summed E-state index contributed by atoms with van der Waals surface area (Å²) < 4.78 is 0. The second kappa shape index (κ2) is 5.24. The van der Waals surface area contributed by atoms with Crippen LogP contribution in [0.1, 0.15) is 32.1 Å². The minimum atomic E-state index is 0. The van der Waals surface area contributed by atoms with Crippen LogP contribution in [0.3, 0.4) is 0 Å². The van der Waals surface area contributed by atoms with E-state index in [1.807, 2.05) is 0 Å². The van der Waals surface area contributed by atoms with Gasteiger partial charge in [0.25, 0.3) is 0 Å². The molecule has 2 N–H and O–H groups in total. The van der Waals surface area contributed by atoms with Crippen molar-refractivity contribution in [2.24, 2.45) is 0 Å². The Labute approximate surface area is 66.5 Å². The molecule has 0 unspecified atom stereocenters. The molecule has 1 saturated carbocycles. The van der Waals surface area contributed by atoms with Crippen molar-refractivity contribution in [2.45, 2.75) is 38.1 Å². The molecule has 0 aromatic rings. The third-order valence-electron chi connectivity index (χ3n) is 1.79. The van der Waals surface area contributed by atoms with Gasteiger partial charge in [-0.3, -0.25) is 0 Å². The van der Waals surface area contributed by atoms with Crippen LogP contribution in [-0.4, -0.2) is 11.2 Å². The summed E-state index contributed by atoms with van der Waals surface area (Å²) in [7, 11) is 0. The Bertz CT molecular complexity index is 64.1. The molecule has 3 heteroatoms. The van der Waals surface area contributed by atoms with Crippen LogP contribution in [0.15, 0.2) is 0 Å². The van der Waals surface area contributed by atoms with E-state index in [0.29, 0.717) is 6.04 Å². The first kappa shape index (κ1) is 9.44. The van der Waals surface area contributed by atoms with E-state index in [4.69, 9.17) is 5.21 Å². The maximum Gasteiger partial charge on any atom is 0.0319 e. The van der Waals surface area contributed by atoms with E-state index in [-0.39, 0.29) is 17.1 Å². The van der Waals surface area contributed by atoms with Crippen LogP contribution in [0.2, 0.25) is 0 Å². The maximum absolute atomic E-state index is 8.44. The molecule has 0 bridgehead atoms. The van der Waals surface area contributed by atoms with Crippen molar-refractivity contribution in [3.8, 4) is 0 Å². The predicted molar refractivity (Wildman–Crippen MR) is 31.8 cm³/mol. The van der Waals surface area contributed by atoms with Crippen LogP contribution >= 0.6 is 0 Å². The van der Waals surface area contributed by atoms with Crippen molar-refractivity contribution in [3.05, 3.63) is 0 Å². The van der Waals surface area contributed by atoms with E-state index in [1.165, 1.54) is 19.3 Å². The largest absolute Gasteiger partial charge is 0.317 e. The van der Waals surface area contributed by atoms with E-state index in [1.54, 1.807) is 0 Å². The molecule has 1 rings (SSSR count). The monoisotopic (exact) mass is 178 g/mol.